The van der Waals surface area contributed by atoms with E-state index in [4.69, 9.17) is 5.73 Å². The van der Waals surface area contributed by atoms with Gasteiger partial charge in [0.05, 0.1) is 9.40 Å². The van der Waals surface area contributed by atoms with E-state index in [-0.39, 0.29) is 11.2 Å². The minimum absolute atomic E-state index is 0.00515. The number of hydrogen-bond acceptors (Lipinski definition) is 5. The maximum absolute atomic E-state index is 10.7. The molecular weight excluding hydrogens is 288 g/mol. The van der Waals surface area contributed by atoms with Gasteiger partial charge in [-0.3, -0.25) is 10.1 Å². The van der Waals surface area contributed by atoms with E-state index >= 15 is 0 Å². The van der Waals surface area contributed by atoms with Crippen LogP contribution in [0, 0.1) is 17.0 Å². The Hall–Kier alpha value is -1.21. The average molecular weight is 303 g/mol. The highest BCUT2D eigenvalue weighted by Gasteiger charge is 2.18. The minimum atomic E-state index is -0.455. The fraction of sp³-hybridized carbons (Fsp3) is 0.500. The van der Waals surface area contributed by atoms with Crippen molar-refractivity contribution in [3.63, 3.8) is 0 Å². The van der Waals surface area contributed by atoms with Crippen molar-refractivity contribution in [3.05, 3.63) is 26.3 Å². The van der Waals surface area contributed by atoms with Crippen LogP contribution in [0.5, 0.6) is 0 Å². The first-order valence-corrected chi connectivity index (χ1v) is 5.84. The molecule has 94 valence electrons. The van der Waals surface area contributed by atoms with Gasteiger partial charge in [-0.25, -0.2) is 4.98 Å². The first-order valence-electron chi connectivity index (χ1n) is 5.04. The smallest absolute Gasteiger partial charge is 0.291 e. The van der Waals surface area contributed by atoms with E-state index < -0.39 is 4.92 Å². The summed E-state index contributed by atoms with van der Waals surface area (Å²) in [6.07, 6.45) is 1.24. The first kappa shape index (κ1) is 13.9. The Balaban J connectivity index is 2.97. The van der Waals surface area contributed by atoms with E-state index in [0.717, 1.165) is 0 Å². The normalized spacial score (nSPS) is 11.4. The number of hydrogen-bond donors (Lipinski definition) is 2. The van der Waals surface area contributed by atoms with Crippen LogP contribution in [0.3, 0.4) is 0 Å². The molecule has 0 unspecified atom stereocenters. The maximum atomic E-state index is 10.7. The molecule has 0 atom stereocenters. The number of nitro groups is 1. The SMILES string of the molecule is Cc1c([N+](=O)[O-])cnc(NCC(C)(C)N)c1Br. The van der Waals surface area contributed by atoms with E-state index in [0.29, 0.717) is 22.4 Å². The van der Waals surface area contributed by atoms with E-state index in [1.54, 1.807) is 6.92 Å². The molecule has 6 nitrogen and oxygen atoms in total. The molecule has 0 bridgehead atoms. The highest BCUT2D eigenvalue weighted by molar-refractivity contribution is 9.10. The van der Waals surface area contributed by atoms with Crippen molar-refractivity contribution in [3.8, 4) is 0 Å². The minimum Gasteiger partial charge on any atom is -0.367 e. The Morgan fingerprint density at radius 3 is 2.71 bits per heavy atom. The van der Waals surface area contributed by atoms with Crippen molar-refractivity contribution in [2.45, 2.75) is 26.3 Å². The Labute approximate surface area is 108 Å². The third kappa shape index (κ3) is 3.64. The van der Waals surface area contributed by atoms with Gasteiger partial charge in [0.2, 0.25) is 0 Å². The van der Waals surface area contributed by atoms with Gasteiger partial charge in [-0.2, -0.15) is 0 Å². The second-order valence-electron chi connectivity index (χ2n) is 4.53. The lowest BCUT2D eigenvalue weighted by Gasteiger charge is -2.20. The van der Waals surface area contributed by atoms with Crippen molar-refractivity contribution in [2.75, 3.05) is 11.9 Å². The second-order valence-corrected chi connectivity index (χ2v) is 5.32. The van der Waals surface area contributed by atoms with Crippen LogP contribution in [0.4, 0.5) is 11.5 Å². The van der Waals surface area contributed by atoms with Crippen LogP contribution < -0.4 is 11.1 Å². The summed E-state index contributed by atoms with van der Waals surface area (Å²) in [5.74, 6) is 0.562. The van der Waals surface area contributed by atoms with Gasteiger partial charge >= 0.3 is 0 Å². The zero-order valence-electron chi connectivity index (χ0n) is 9.95. The molecule has 0 aliphatic carbocycles. The van der Waals surface area contributed by atoms with E-state index in [1.807, 2.05) is 13.8 Å². The average Bonchev–Trinajstić information content (AvgIpc) is 2.18. The summed E-state index contributed by atoms with van der Waals surface area (Å²) in [4.78, 5) is 14.3. The molecule has 0 aliphatic heterocycles. The molecule has 1 aromatic rings. The summed E-state index contributed by atoms with van der Waals surface area (Å²) in [6, 6.07) is 0. The predicted molar refractivity (Wildman–Crippen MR) is 70.1 cm³/mol. The molecule has 0 aromatic carbocycles. The van der Waals surface area contributed by atoms with Gasteiger partial charge in [0, 0.05) is 17.6 Å². The molecule has 3 N–H and O–H groups in total. The van der Waals surface area contributed by atoms with Crippen LogP contribution in [0.25, 0.3) is 0 Å². The number of anilines is 1. The van der Waals surface area contributed by atoms with E-state index in [1.165, 1.54) is 6.20 Å². The van der Waals surface area contributed by atoms with E-state index in [2.05, 4.69) is 26.2 Å². The number of nitrogens with one attached hydrogen (secondary N) is 1. The van der Waals surface area contributed by atoms with Gasteiger partial charge < -0.3 is 11.1 Å². The monoisotopic (exact) mass is 302 g/mol. The fourth-order valence-electron chi connectivity index (χ4n) is 1.19. The summed E-state index contributed by atoms with van der Waals surface area (Å²) < 4.78 is 0.593. The Morgan fingerprint density at radius 2 is 2.24 bits per heavy atom. The standard InChI is InChI=1S/C10H15BrN4O2/c1-6-7(15(16)17)4-13-9(8(6)11)14-5-10(2,3)12/h4H,5,12H2,1-3H3,(H,13,14). The molecule has 0 saturated heterocycles. The molecule has 0 radical (unpaired) electrons. The van der Waals surface area contributed by atoms with E-state index in [9.17, 15) is 10.1 Å². The summed E-state index contributed by atoms with van der Waals surface area (Å²) >= 11 is 3.30. The number of halogens is 1. The maximum Gasteiger partial charge on any atom is 0.291 e. The topological polar surface area (TPSA) is 94.1 Å². The largest absolute Gasteiger partial charge is 0.367 e. The summed E-state index contributed by atoms with van der Waals surface area (Å²) in [6.45, 7) is 5.96. The molecule has 0 amide bonds. The molecule has 0 saturated carbocycles. The first-order chi connectivity index (χ1) is 7.72. The summed E-state index contributed by atoms with van der Waals surface area (Å²) in [7, 11) is 0. The second kappa shape index (κ2) is 4.97. The quantitative estimate of drug-likeness (QED) is 0.657. The zero-order chi connectivity index (χ0) is 13.2. The highest BCUT2D eigenvalue weighted by Crippen LogP contribution is 2.30. The Bertz CT molecular complexity index is 443. The lowest BCUT2D eigenvalue weighted by molar-refractivity contribution is -0.385. The van der Waals surface area contributed by atoms with Crippen molar-refractivity contribution in [1.29, 1.82) is 0 Å². The predicted octanol–water partition coefficient (Wildman–Crippen LogP) is 2.21. The summed E-state index contributed by atoms with van der Waals surface area (Å²) in [5, 5.41) is 13.8. The van der Waals surface area contributed by atoms with Crippen molar-refractivity contribution in [1.82, 2.24) is 4.98 Å². The van der Waals surface area contributed by atoms with Crippen LogP contribution >= 0.6 is 15.9 Å². The number of nitrogens with two attached hydrogens (primary N) is 1. The molecule has 0 aliphatic rings. The fourth-order valence-corrected chi connectivity index (χ4v) is 1.63. The Morgan fingerprint density at radius 1 is 1.65 bits per heavy atom. The molecule has 1 aromatic heterocycles. The number of rotatable bonds is 4. The third-order valence-electron chi connectivity index (χ3n) is 2.15. The van der Waals surface area contributed by atoms with Gasteiger partial charge in [-0.1, -0.05) is 0 Å². The summed E-state index contributed by atoms with van der Waals surface area (Å²) in [5.41, 5.74) is 6.00. The zero-order valence-corrected chi connectivity index (χ0v) is 11.5. The third-order valence-corrected chi connectivity index (χ3v) is 3.12. The molecular formula is C10H15BrN4O2. The Kier molecular flexibility index (Phi) is 4.05. The highest BCUT2D eigenvalue weighted by atomic mass is 79.9. The molecule has 7 heteroatoms. The number of nitrogens with zero attached hydrogens (tertiary/aromatic N) is 2. The lowest BCUT2D eigenvalue weighted by atomic mass is 10.1. The van der Waals surface area contributed by atoms with Gasteiger partial charge in [-0.05, 0) is 36.7 Å². The van der Waals surface area contributed by atoms with Crippen LogP contribution in [-0.2, 0) is 0 Å². The molecule has 0 spiro atoms. The number of aromatic nitrogens is 1. The van der Waals surface area contributed by atoms with Crippen LogP contribution in [0.15, 0.2) is 10.7 Å². The van der Waals surface area contributed by atoms with Crippen LogP contribution in [0.2, 0.25) is 0 Å². The number of pyridine rings is 1. The van der Waals surface area contributed by atoms with Gasteiger partial charge in [0.15, 0.2) is 0 Å². The molecule has 0 fully saturated rings. The molecule has 1 rings (SSSR count). The van der Waals surface area contributed by atoms with Crippen molar-refractivity contribution >= 4 is 27.4 Å². The molecule has 17 heavy (non-hydrogen) atoms. The molecule has 1 heterocycles. The van der Waals surface area contributed by atoms with Crippen molar-refractivity contribution < 1.29 is 4.92 Å². The lowest BCUT2D eigenvalue weighted by Crippen LogP contribution is -2.39. The van der Waals surface area contributed by atoms with Gasteiger partial charge in [-0.15, -0.1) is 0 Å². The van der Waals surface area contributed by atoms with Crippen molar-refractivity contribution in [2.24, 2.45) is 5.73 Å². The van der Waals surface area contributed by atoms with Crippen LogP contribution in [-0.4, -0.2) is 22.0 Å². The van der Waals surface area contributed by atoms with Gasteiger partial charge in [0.1, 0.15) is 12.0 Å². The van der Waals surface area contributed by atoms with Crippen LogP contribution in [0.1, 0.15) is 19.4 Å². The van der Waals surface area contributed by atoms with Gasteiger partial charge in [0.25, 0.3) is 5.69 Å².